The first kappa shape index (κ1) is 18.2. The lowest BCUT2D eigenvalue weighted by Gasteiger charge is -2.26. The van der Waals surface area contributed by atoms with E-state index in [1.165, 1.54) is 15.3 Å². The van der Waals surface area contributed by atoms with Crippen molar-refractivity contribution in [2.24, 2.45) is 7.05 Å². The van der Waals surface area contributed by atoms with Crippen LogP contribution in [0.1, 0.15) is 23.6 Å². The Kier molecular flexibility index (Phi) is 4.54. The van der Waals surface area contributed by atoms with Gasteiger partial charge in [0.25, 0.3) is 0 Å². The molecule has 1 aliphatic heterocycles. The standard InChI is InChI=1S/C15H21N3O5S2/c1-11-15(12(2)17(3)16-11)25(21,22)18(9-14-5-4-7-23-14)13-6-8-24(19,20)10-13/h4-5,7,13H,6,8-10H2,1-3H3. The van der Waals surface area contributed by atoms with Gasteiger partial charge < -0.3 is 4.42 Å². The average Bonchev–Trinajstić information content (AvgIpc) is 3.18. The Morgan fingerprint density at radius 1 is 1.40 bits per heavy atom. The van der Waals surface area contributed by atoms with E-state index >= 15 is 0 Å². The van der Waals surface area contributed by atoms with Crippen molar-refractivity contribution >= 4 is 19.9 Å². The Morgan fingerprint density at radius 2 is 2.12 bits per heavy atom. The van der Waals surface area contributed by atoms with Gasteiger partial charge in [-0.05, 0) is 32.4 Å². The van der Waals surface area contributed by atoms with E-state index in [2.05, 4.69) is 5.10 Å². The molecule has 1 fully saturated rings. The molecule has 8 nitrogen and oxygen atoms in total. The predicted molar refractivity (Wildman–Crippen MR) is 91.2 cm³/mol. The molecule has 2 aromatic heterocycles. The lowest BCUT2D eigenvalue weighted by Crippen LogP contribution is -2.40. The molecule has 25 heavy (non-hydrogen) atoms. The summed E-state index contributed by atoms with van der Waals surface area (Å²) in [6, 6.07) is 2.74. The van der Waals surface area contributed by atoms with Gasteiger partial charge in [0.05, 0.1) is 35.7 Å². The molecule has 1 unspecified atom stereocenters. The normalized spacial score (nSPS) is 20.4. The highest BCUT2D eigenvalue weighted by Crippen LogP contribution is 2.30. The maximum absolute atomic E-state index is 13.3. The lowest BCUT2D eigenvalue weighted by atomic mass is 10.2. The Balaban J connectivity index is 2.07. The van der Waals surface area contributed by atoms with Gasteiger partial charge in [0.2, 0.25) is 10.0 Å². The number of hydrogen-bond donors (Lipinski definition) is 0. The Hall–Kier alpha value is -1.65. The first-order valence-corrected chi connectivity index (χ1v) is 11.1. The quantitative estimate of drug-likeness (QED) is 0.759. The van der Waals surface area contributed by atoms with Gasteiger partial charge in [-0.15, -0.1) is 0 Å². The van der Waals surface area contributed by atoms with Crippen molar-refractivity contribution in [3.63, 3.8) is 0 Å². The first-order chi connectivity index (χ1) is 11.6. The fourth-order valence-electron chi connectivity index (χ4n) is 3.21. The molecule has 3 rings (SSSR count). The largest absolute Gasteiger partial charge is 0.468 e. The molecule has 1 aliphatic rings. The highest BCUT2D eigenvalue weighted by molar-refractivity contribution is 7.92. The van der Waals surface area contributed by atoms with E-state index in [-0.39, 0.29) is 29.4 Å². The summed E-state index contributed by atoms with van der Waals surface area (Å²) >= 11 is 0. The fraction of sp³-hybridized carbons (Fsp3) is 0.533. The van der Waals surface area contributed by atoms with Crippen molar-refractivity contribution in [3.05, 3.63) is 35.5 Å². The van der Waals surface area contributed by atoms with E-state index in [0.717, 1.165) is 0 Å². The lowest BCUT2D eigenvalue weighted by molar-refractivity contribution is 0.306. The van der Waals surface area contributed by atoms with E-state index in [0.29, 0.717) is 17.1 Å². The van der Waals surface area contributed by atoms with Crippen LogP contribution in [0.2, 0.25) is 0 Å². The molecule has 0 amide bonds. The van der Waals surface area contributed by atoms with Gasteiger partial charge in [-0.3, -0.25) is 4.68 Å². The summed E-state index contributed by atoms with van der Waals surface area (Å²) in [6.45, 7) is 3.31. The van der Waals surface area contributed by atoms with Crippen LogP contribution in [0.15, 0.2) is 27.7 Å². The minimum Gasteiger partial charge on any atom is -0.468 e. The number of sulfonamides is 1. The van der Waals surface area contributed by atoms with Gasteiger partial charge in [-0.25, -0.2) is 16.8 Å². The average molecular weight is 387 g/mol. The van der Waals surface area contributed by atoms with E-state index < -0.39 is 25.9 Å². The first-order valence-electron chi connectivity index (χ1n) is 7.86. The monoisotopic (exact) mass is 387 g/mol. The van der Waals surface area contributed by atoms with E-state index in [1.807, 2.05) is 0 Å². The molecular formula is C15H21N3O5S2. The minimum absolute atomic E-state index is 0.00710. The number of sulfone groups is 1. The van der Waals surface area contributed by atoms with Gasteiger partial charge in [-0.2, -0.15) is 9.40 Å². The Morgan fingerprint density at radius 3 is 2.60 bits per heavy atom. The molecule has 0 spiro atoms. The van der Waals surface area contributed by atoms with E-state index in [4.69, 9.17) is 4.42 Å². The predicted octanol–water partition coefficient (Wildman–Crippen LogP) is 1.01. The third kappa shape index (κ3) is 3.38. The highest BCUT2D eigenvalue weighted by Gasteiger charge is 2.41. The summed E-state index contributed by atoms with van der Waals surface area (Å²) < 4.78 is 58.5. The molecule has 0 bridgehead atoms. The molecule has 0 saturated carbocycles. The molecule has 1 saturated heterocycles. The van der Waals surface area contributed by atoms with Crippen molar-refractivity contribution in [3.8, 4) is 0 Å². The maximum atomic E-state index is 13.3. The smallest absolute Gasteiger partial charge is 0.247 e. The summed E-state index contributed by atoms with van der Waals surface area (Å²) in [7, 11) is -5.48. The van der Waals surface area contributed by atoms with Crippen LogP contribution in [0.25, 0.3) is 0 Å². The van der Waals surface area contributed by atoms with Gasteiger partial charge in [0.1, 0.15) is 10.7 Å². The van der Waals surface area contributed by atoms with Crippen molar-refractivity contribution in [2.75, 3.05) is 11.5 Å². The molecular weight excluding hydrogens is 366 g/mol. The summed E-state index contributed by atoms with van der Waals surface area (Å²) in [5, 5.41) is 4.18. The number of rotatable bonds is 5. The molecule has 2 aromatic rings. The van der Waals surface area contributed by atoms with Crippen LogP contribution in [0.4, 0.5) is 0 Å². The maximum Gasteiger partial charge on any atom is 0.247 e. The fourth-order valence-corrected chi connectivity index (χ4v) is 7.06. The van der Waals surface area contributed by atoms with Crippen molar-refractivity contribution in [2.45, 2.75) is 37.8 Å². The van der Waals surface area contributed by atoms with Crippen LogP contribution in [0.5, 0.6) is 0 Å². The van der Waals surface area contributed by atoms with Gasteiger partial charge in [-0.1, -0.05) is 0 Å². The Bertz CT molecular complexity index is 975. The molecule has 1 atom stereocenters. The molecule has 0 aromatic carbocycles. The summed E-state index contributed by atoms with van der Waals surface area (Å²) in [4.78, 5) is 0.130. The second-order valence-corrected chi connectivity index (χ2v) is 10.4. The topological polar surface area (TPSA) is 102 Å². The van der Waals surface area contributed by atoms with E-state index in [1.54, 1.807) is 33.0 Å². The van der Waals surface area contributed by atoms with Crippen LogP contribution in [-0.2, 0) is 33.5 Å². The van der Waals surface area contributed by atoms with Gasteiger partial charge >= 0.3 is 0 Å². The number of aromatic nitrogens is 2. The van der Waals surface area contributed by atoms with Gasteiger partial charge in [0.15, 0.2) is 9.84 Å². The molecule has 138 valence electrons. The number of furan rings is 1. The summed E-state index contributed by atoms with van der Waals surface area (Å²) in [5.74, 6) is 0.282. The van der Waals surface area contributed by atoms with Crippen molar-refractivity contribution in [1.82, 2.24) is 14.1 Å². The molecule has 10 heteroatoms. The van der Waals surface area contributed by atoms with Crippen LogP contribution in [0, 0.1) is 13.8 Å². The molecule has 0 radical (unpaired) electrons. The molecule has 3 heterocycles. The van der Waals surface area contributed by atoms with E-state index in [9.17, 15) is 16.8 Å². The van der Waals surface area contributed by atoms with Crippen molar-refractivity contribution in [1.29, 1.82) is 0 Å². The Labute approximate surface area is 147 Å². The number of nitrogens with zero attached hydrogens (tertiary/aromatic N) is 3. The third-order valence-electron chi connectivity index (χ3n) is 4.52. The zero-order chi connectivity index (χ0) is 18.4. The van der Waals surface area contributed by atoms with Crippen LogP contribution in [-0.4, -0.2) is 48.5 Å². The third-order valence-corrected chi connectivity index (χ3v) is 8.42. The van der Waals surface area contributed by atoms with Crippen LogP contribution in [0.3, 0.4) is 0 Å². The van der Waals surface area contributed by atoms with Gasteiger partial charge in [0, 0.05) is 13.1 Å². The molecule has 0 aliphatic carbocycles. The highest BCUT2D eigenvalue weighted by atomic mass is 32.2. The second-order valence-electron chi connectivity index (χ2n) is 6.31. The van der Waals surface area contributed by atoms with Crippen molar-refractivity contribution < 1.29 is 21.3 Å². The summed E-state index contributed by atoms with van der Waals surface area (Å²) in [5.41, 5.74) is 0.910. The number of hydrogen-bond acceptors (Lipinski definition) is 6. The SMILES string of the molecule is Cc1nn(C)c(C)c1S(=O)(=O)N(Cc1ccco1)C1CCS(=O)(=O)C1. The summed E-state index contributed by atoms with van der Waals surface area (Å²) in [6.07, 6.45) is 1.74. The van der Waals surface area contributed by atoms with Crippen LogP contribution < -0.4 is 0 Å². The molecule has 0 N–H and O–H groups in total. The number of aryl methyl sites for hydroxylation is 2. The minimum atomic E-state index is -3.93. The zero-order valence-corrected chi connectivity index (χ0v) is 16.0. The second kappa shape index (κ2) is 6.26. The van der Waals surface area contributed by atoms with Crippen LogP contribution >= 0.6 is 0 Å². The zero-order valence-electron chi connectivity index (χ0n) is 14.3.